The zero-order valence-electron chi connectivity index (χ0n) is 15.3. The topological polar surface area (TPSA) is 72.6 Å². The van der Waals surface area contributed by atoms with Crippen LogP contribution in [0.3, 0.4) is 0 Å². The van der Waals surface area contributed by atoms with Gasteiger partial charge in [-0.05, 0) is 37.5 Å². The van der Waals surface area contributed by atoms with Gasteiger partial charge in [-0.1, -0.05) is 6.07 Å². The van der Waals surface area contributed by atoms with E-state index in [9.17, 15) is 9.18 Å². The summed E-state index contributed by atoms with van der Waals surface area (Å²) in [6, 6.07) is 7.71. The molecule has 8 heteroatoms. The third-order valence-corrected chi connectivity index (χ3v) is 5.51. The number of carbonyl (C=O) groups excluding carboxylic acids is 1. The first-order valence-corrected chi connectivity index (χ1v) is 9.49. The van der Waals surface area contributed by atoms with Gasteiger partial charge in [0, 0.05) is 36.3 Å². The quantitative estimate of drug-likeness (QED) is 0.697. The summed E-state index contributed by atoms with van der Waals surface area (Å²) in [4.78, 5) is 22.7. The summed E-state index contributed by atoms with van der Waals surface area (Å²) in [6.07, 6.45) is 6.36. The van der Waals surface area contributed by atoms with Crippen molar-refractivity contribution in [2.24, 2.45) is 0 Å². The molecule has 28 heavy (non-hydrogen) atoms. The number of aromatic nitrogens is 4. The molecule has 3 aromatic rings. The molecule has 1 unspecified atom stereocenters. The van der Waals surface area contributed by atoms with Crippen molar-refractivity contribution in [3.63, 3.8) is 0 Å². The van der Waals surface area contributed by atoms with Gasteiger partial charge in [-0.2, -0.15) is 0 Å². The number of hydrogen-bond donors (Lipinski definition) is 0. The molecule has 2 aliphatic rings. The highest BCUT2D eigenvalue weighted by atomic mass is 19.1. The second-order valence-corrected chi connectivity index (χ2v) is 7.36. The van der Waals surface area contributed by atoms with Crippen LogP contribution >= 0.6 is 0 Å². The lowest BCUT2D eigenvalue weighted by atomic mass is 9.81. The molecule has 0 bridgehead atoms. The van der Waals surface area contributed by atoms with Crippen LogP contribution in [-0.2, 0) is 9.53 Å². The molecule has 5 rings (SSSR count). The molecule has 0 aromatic carbocycles. The number of hydrogen-bond acceptors (Lipinski definition) is 5. The molecule has 1 amide bonds. The van der Waals surface area contributed by atoms with Gasteiger partial charge in [0.25, 0.3) is 5.91 Å². The lowest BCUT2D eigenvalue weighted by Crippen LogP contribution is -2.54. The average molecular weight is 381 g/mol. The Morgan fingerprint density at radius 1 is 1.25 bits per heavy atom. The molecule has 144 valence electrons. The summed E-state index contributed by atoms with van der Waals surface area (Å²) in [5, 5.41) is 4.54. The molecule has 3 aromatic heterocycles. The number of pyridine rings is 2. The van der Waals surface area contributed by atoms with Crippen molar-refractivity contribution in [1.82, 2.24) is 24.5 Å². The van der Waals surface area contributed by atoms with Gasteiger partial charge in [0.15, 0.2) is 17.1 Å². The first-order valence-electron chi connectivity index (χ1n) is 9.49. The minimum Gasteiger partial charge on any atom is -0.366 e. The van der Waals surface area contributed by atoms with Crippen LogP contribution in [0.15, 0.2) is 42.9 Å². The maximum Gasteiger partial charge on any atom is 0.260 e. The molecular formula is C20H20FN5O2. The molecule has 0 N–H and O–H groups in total. The van der Waals surface area contributed by atoms with Gasteiger partial charge in [0.1, 0.15) is 6.10 Å². The molecule has 1 aliphatic heterocycles. The minimum atomic E-state index is -1.69. The fourth-order valence-corrected chi connectivity index (χ4v) is 3.72. The highest BCUT2D eigenvalue weighted by molar-refractivity contribution is 5.86. The molecule has 2 fully saturated rings. The summed E-state index contributed by atoms with van der Waals surface area (Å²) in [5.41, 5.74) is 0.964. The van der Waals surface area contributed by atoms with Gasteiger partial charge in [-0.15, -0.1) is 5.10 Å². The van der Waals surface area contributed by atoms with E-state index in [1.165, 1.54) is 0 Å². The normalized spacial score (nSPS) is 21.5. The van der Waals surface area contributed by atoms with E-state index in [1.54, 1.807) is 21.8 Å². The van der Waals surface area contributed by atoms with E-state index < -0.39 is 17.7 Å². The Labute approximate surface area is 161 Å². The summed E-state index contributed by atoms with van der Waals surface area (Å²) in [7, 11) is 0. The van der Waals surface area contributed by atoms with Crippen LogP contribution in [0.5, 0.6) is 0 Å². The van der Waals surface area contributed by atoms with Crippen LogP contribution in [0.1, 0.15) is 31.2 Å². The molecule has 0 radical (unpaired) electrons. The van der Waals surface area contributed by atoms with Crippen molar-refractivity contribution in [2.75, 3.05) is 19.7 Å². The fraction of sp³-hybridized carbons (Fsp3) is 0.400. The van der Waals surface area contributed by atoms with Crippen molar-refractivity contribution >= 4 is 11.6 Å². The van der Waals surface area contributed by atoms with Crippen molar-refractivity contribution < 1.29 is 13.9 Å². The summed E-state index contributed by atoms with van der Waals surface area (Å²) in [6.45, 7) is 1.03. The summed E-state index contributed by atoms with van der Waals surface area (Å²) in [5.74, 6) is 0.0806. The lowest BCUT2D eigenvalue weighted by Gasteiger charge is -2.39. The van der Waals surface area contributed by atoms with Gasteiger partial charge in [0.2, 0.25) is 0 Å². The van der Waals surface area contributed by atoms with Crippen LogP contribution in [0.2, 0.25) is 0 Å². The van der Waals surface area contributed by atoms with Crippen molar-refractivity contribution in [2.45, 2.75) is 31.0 Å². The molecule has 1 saturated carbocycles. The third kappa shape index (κ3) is 2.93. The Bertz CT molecular complexity index is 1020. The minimum absolute atomic E-state index is 0.275. The van der Waals surface area contributed by atoms with Crippen LogP contribution in [0.25, 0.3) is 16.8 Å². The first kappa shape index (κ1) is 17.2. The predicted octanol–water partition coefficient (Wildman–Crippen LogP) is 2.58. The SMILES string of the molecule is O=C(N1CCOC(c2nc3ccc(-c4cccnc4)cn3n2)C1)C1(F)CCC1. The first-order chi connectivity index (χ1) is 13.6. The Hall–Kier alpha value is -2.87. The number of halogens is 1. The number of nitrogens with zero attached hydrogens (tertiary/aromatic N) is 5. The monoisotopic (exact) mass is 381 g/mol. The summed E-state index contributed by atoms with van der Waals surface area (Å²) >= 11 is 0. The molecule has 1 saturated heterocycles. The number of alkyl halides is 1. The van der Waals surface area contributed by atoms with Gasteiger partial charge < -0.3 is 9.64 Å². The number of fused-ring (bicyclic) bond motifs is 1. The largest absolute Gasteiger partial charge is 0.366 e. The highest BCUT2D eigenvalue weighted by Crippen LogP contribution is 2.38. The average Bonchev–Trinajstić information content (AvgIpc) is 3.15. The van der Waals surface area contributed by atoms with E-state index in [4.69, 9.17) is 4.74 Å². The molecule has 1 aliphatic carbocycles. The Morgan fingerprint density at radius 2 is 2.14 bits per heavy atom. The van der Waals surface area contributed by atoms with E-state index in [-0.39, 0.29) is 6.54 Å². The number of ether oxygens (including phenoxy) is 1. The Balaban J connectivity index is 1.39. The summed E-state index contributed by atoms with van der Waals surface area (Å²) < 4.78 is 22.0. The van der Waals surface area contributed by atoms with Crippen molar-refractivity contribution in [1.29, 1.82) is 0 Å². The van der Waals surface area contributed by atoms with E-state index >= 15 is 0 Å². The molecule has 0 spiro atoms. The zero-order chi connectivity index (χ0) is 19.1. The van der Waals surface area contributed by atoms with E-state index in [0.29, 0.717) is 37.5 Å². The van der Waals surface area contributed by atoms with E-state index in [2.05, 4.69) is 15.1 Å². The van der Waals surface area contributed by atoms with Gasteiger partial charge in [-0.25, -0.2) is 13.9 Å². The second kappa shape index (κ2) is 6.63. The predicted molar refractivity (Wildman–Crippen MR) is 99.2 cm³/mol. The van der Waals surface area contributed by atoms with Gasteiger partial charge in [0.05, 0.1) is 13.2 Å². The number of amides is 1. The zero-order valence-corrected chi connectivity index (χ0v) is 15.3. The molecular weight excluding hydrogens is 361 g/mol. The van der Waals surface area contributed by atoms with Crippen LogP contribution in [-0.4, -0.2) is 55.8 Å². The lowest BCUT2D eigenvalue weighted by molar-refractivity contribution is -0.157. The van der Waals surface area contributed by atoms with Crippen molar-refractivity contribution in [3.05, 3.63) is 48.7 Å². The smallest absolute Gasteiger partial charge is 0.260 e. The van der Waals surface area contributed by atoms with Crippen molar-refractivity contribution in [3.8, 4) is 11.1 Å². The maximum absolute atomic E-state index is 14.5. The van der Waals surface area contributed by atoms with E-state index in [0.717, 1.165) is 17.5 Å². The molecule has 7 nitrogen and oxygen atoms in total. The molecule has 1 atom stereocenters. The Morgan fingerprint density at radius 3 is 2.89 bits per heavy atom. The van der Waals surface area contributed by atoms with Gasteiger partial charge in [-0.3, -0.25) is 9.78 Å². The second-order valence-electron chi connectivity index (χ2n) is 7.36. The fourth-order valence-electron chi connectivity index (χ4n) is 3.72. The number of carbonyl (C=O) groups is 1. The third-order valence-electron chi connectivity index (χ3n) is 5.51. The van der Waals surface area contributed by atoms with Crippen LogP contribution < -0.4 is 0 Å². The molecule has 4 heterocycles. The van der Waals surface area contributed by atoms with Crippen LogP contribution in [0, 0.1) is 0 Å². The highest BCUT2D eigenvalue weighted by Gasteiger charge is 2.48. The Kier molecular flexibility index (Phi) is 4.08. The van der Waals surface area contributed by atoms with E-state index in [1.807, 2.05) is 30.5 Å². The van der Waals surface area contributed by atoms with Gasteiger partial charge >= 0.3 is 0 Å². The maximum atomic E-state index is 14.5. The number of morpholine rings is 1. The standard InChI is InChI=1S/C20H20FN5O2/c21-20(6-2-7-20)19(27)25-9-10-28-16(13-25)18-23-17-5-4-15(12-26(17)24-18)14-3-1-8-22-11-14/h1,3-5,8,11-12,16H,2,6-7,9-10,13H2. The van der Waals surface area contributed by atoms with Crippen LogP contribution in [0.4, 0.5) is 4.39 Å². The number of rotatable bonds is 3.